The van der Waals surface area contributed by atoms with Gasteiger partial charge in [-0.3, -0.25) is 9.59 Å². The lowest BCUT2D eigenvalue weighted by molar-refractivity contribution is -0.136. The number of ether oxygens (including phenoxy) is 1. The zero-order chi connectivity index (χ0) is 18.4. The summed E-state index contributed by atoms with van der Waals surface area (Å²) in [7, 11) is -2.26. The first kappa shape index (κ1) is 18.4. The van der Waals surface area contributed by atoms with Crippen LogP contribution < -0.4 is 20.5 Å². The summed E-state index contributed by atoms with van der Waals surface area (Å²) < 4.78 is 27.3. The van der Waals surface area contributed by atoms with Crippen LogP contribution >= 0.6 is 0 Å². The van der Waals surface area contributed by atoms with Crippen LogP contribution in [0.3, 0.4) is 0 Å². The van der Waals surface area contributed by atoms with Crippen LogP contribution in [-0.2, 0) is 26.2 Å². The van der Waals surface area contributed by atoms with Crippen molar-refractivity contribution in [1.29, 1.82) is 0 Å². The van der Waals surface area contributed by atoms with Crippen molar-refractivity contribution < 1.29 is 22.7 Å². The minimum Gasteiger partial charge on any atom is -0.497 e. The van der Waals surface area contributed by atoms with Crippen LogP contribution in [0.1, 0.15) is 5.56 Å². The van der Waals surface area contributed by atoms with Gasteiger partial charge in [0.1, 0.15) is 5.75 Å². The lowest BCUT2D eigenvalue weighted by Gasteiger charge is -2.08. The van der Waals surface area contributed by atoms with Crippen LogP contribution in [0, 0.1) is 0 Å². The maximum absolute atomic E-state index is 11.8. The van der Waals surface area contributed by atoms with Crippen LogP contribution in [0.5, 0.6) is 5.75 Å². The Labute approximate surface area is 145 Å². The van der Waals surface area contributed by atoms with Crippen molar-refractivity contribution in [2.45, 2.75) is 11.4 Å². The van der Waals surface area contributed by atoms with E-state index in [0.29, 0.717) is 5.75 Å². The normalized spacial score (nSPS) is 10.8. The Hall–Kier alpha value is -2.91. The topological polar surface area (TPSA) is 128 Å². The molecule has 0 saturated heterocycles. The van der Waals surface area contributed by atoms with Crippen molar-refractivity contribution in [2.75, 3.05) is 12.4 Å². The lowest BCUT2D eigenvalue weighted by Crippen LogP contribution is -2.34. The highest BCUT2D eigenvalue weighted by Crippen LogP contribution is 2.13. The summed E-state index contributed by atoms with van der Waals surface area (Å²) in [6.45, 7) is 0.181. The molecule has 0 fully saturated rings. The smallest absolute Gasteiger partial charge is 0.313 e. The summed E-state index contributed by atoms with van der Waals surface area (Å²) in [5, 5.41) is 9.83. The molecular weight excluding hydrogens is 346 g/mol. The molecule has 0 spiro atoms. The molecule has 0 aliphatic rings. The van der Waals surface area contributed by atoms with Crippen molar-refractivity contribution in [3.8, 4) is 5.75 Å². The number of methoxy groups -OCH3 is 1. The molecule has 25 heavy (non-hydrogen) atoms. The second-order valence-electron chi connectivity index (χ2n) is 5.05. The third-order valence-electron chi connectivity index (χ3n) is 3.26. The quantitative estimate of drug-likeness (QED) is 0.670. The molecule has 0 radical (unpaired) electrons. The fourth-order valence-electron chi connectivity index (χ4n) is 1.92. The molecule has 0 saturated carbocycles. The molecule has 8 nitrogen and oxygen atoms in total. The highest BCUT2D eigenvalue weighted by atomic mass is 32.2. The van der Waals surface area contributed by atoms with Gasteiger partial charge < -0.3 is 15.4 Å². The van der Waals surface area contributed by atoms with Gasteiger partial charge in [-0.25, -0.2) is 13.6 Å². The number of anilines is 1. The van der Waals surface area contributed by atoms with Gasteiger partial charge in [0, 0.05) is 12.2 Å². The SMILES string of the molecule is COc1ccc(CNC(=O)C(=O)Nc2ccc(S(N)(=O)=O)cc2)cc1. The van der Waals surface area contributed by atoms with Gasteiger partial charge in [0.05, 0.1) is 12.0 Å². The molecule has 0 aromatic heterocycles. The summed E-state index contributed by atoms with van der Waals surface area (Å²) in [6.07, 6.45) is 0. The second-order valence-corrected chi connectivity index (χ2v) is 6.62. The Morgan fingerprint density at radius 2 is 1.60 bits per heavy atom. The number of nitrogens with two attached hydrogens (primary N) is 1. The fraction of sp³-hybridized carbons (Fsp3) is 0.125. The van der Waals surface area contributed by atoms with Gasteiger partial charge in [0.25, 0.3) is 0 Å². The highest BCUT2D eigenvalue weighted by molar-refractivity contribution is 7.89. The standard InChI is InChI=1S/C16H17N3O5S/c1-24-13-6-2-11(3-7-13)10-18-15(20)16(21)19-12-4-8-14(9-5-12)25(17,22)23/h2-9H,10H2,1H3,(H,18,20)(H,19,21)(H2,17,22,23). The maximum atomic E-state index is 11.8. The molecule has 4 N–H and O–H groups in total. The molecule has 0 bridgehead atoms. The highest BCUT2D eigenvalue weighted by Gasteiger charge is 2.14. The predicted molar refractivity (Wildman–Crippen MR) is 91.3 cm³/mol. The number of carbonyl (C=O) groups excluding carboxylic acids is 2. The minimum atomic E-state index is -3.81. The average molecular weight is 363 g/mol. The first-order valence-corrected chi connectivity index (χ1v) is 8.69. The molecule has 0 aliphatic carbocycles. The zero-order valence-corrected chi connectivity index (χ0v) is 14.2. The van der Waals surface area contributed by atoms with E-state index in [1.165, 1.54) is 24.3 Å². The third-order valence-corrected chi connectivity index (χ3v) is 4.19. The van der Waals surface area contributed by atoms with Crippen LogP contribution in [0.25, 0.3) is 0 Å². The summed E-state index contributed by atoms with van der Waals surface area (Å²) in [5.74, 6) is -0.987. The van der Waals surface area contributed by atoms with E-state index < -0.39 is 21.8 Å². The van der Waals surface area contributed by atoms with E-state index in [4.69, 9.17) is 9.88 Å². The number of benzene rings is 2. The molecule has 2 aromatic rings. The molecule has 0 unspecified atom stereocenters. The van der Waals surface area contributed by atoms with E-state index in [1.54, 1.807) is 31.4 Å². The monoisotopic (exact) mass is 363 g/mol. The van der Waals surface area contributed by atoms with Gasteiger partial charge in [-0.05, 0) is 42.0 Å². The number of primary sulfonamides is 1. The minimum absolute atomic E-state index is 0.0885. The van der Waals surface area contributed by atoms with Gasteiger partial charge in [-0.2, -0.15) is 0 Å². The second kappa shape index (κ2) is 7.77. The Morgan fingerprint density at radius 3 is 2.12 bits per heavy atom. The van der Waals surface area contributed by atoms with Crippen LogP contribution in [0.4, 0.5) is 5.69 Å². The van der Waals surface area contributed by atoms with Crippen molar-refractivity contribution in [1.82, 2.24) is 5.32 Å². The number of nitrogens with one attached hydrogen (secondary N) is 2. The Morgan fingerprint density at radius 1 is 1.00 bits per heavy atom. The predicted octanol–water partition coefficient (Wildman–Crippen LogP) is 0.598. The summed E-state index contributed by atoms with van der Waals surface area (Å²) in [6, 6.07) is 12.2. The van der Waals surface area contributed by atoms with Gasteiger partial charge >= 0.3 is 11.8 Å². The summed E-state index contributed by atoms with van der Waals surface area (Å²) in [5.41, 5.74) is 1.08. The number of amides is 2. The van der Waals surface area contributed by atoms with Crippen molar-refractivity contribution in [2.24, 2.45) is 5.14 Å². The molecule has 2 aromatic carbocycles. The van der Waals surface area contributed by atoms with E-state index in [9.17, 15) is 18.0 Å². The number of hydrogen-bond donors (Lipinski definition) is 3. The lowest BCUT2D eigenvalue weighted by atomic mass is 10.2. The van der Waals surface area contributed by atoms with Gasteiger partial charge in [-0.15, -0.1) is 0 Å². The van der Waals surface area contributed by atoms with Crippen molar-refractivity contribution >= 4 is 27.5 Å². The fourth-order valence-corrected chi connectivity index (χ4v) is 2.44. The molecule has 2 rings (SSSR count). The first-order chi connectivity index (χ1) is 11.8. The first-order valence-electron chi connectivity index (χ1n) is 7.14. The number of rotatable bonds is 5. The van der Waals surface area contributed by atoms with E-state index in [-0.39, 0.29) is 17.1 Å². The summed E-state index contributed by atoms with van der Waals surface area (Å²) >= 11 is 0. The van der Waals surface area contributed by atoms with E-state index in [2.05, 4.69) is 10.6 Å². The molecule has 2 amide bonds. The Bertz CT molecular complexity index is 862. The number of hydrogen-bond acceptors (Lipinski definition) is 5. The summed E-state index contributed by atoms with van der Waals surface area (Å²) in [4.78, 5) is 23.5. The van der Waals surface area contributed by atoms with E-state index in [0.717, 1.165) is 5.56 Å². The van der Waals surface area contributed by atoms with Crippen molar-refractivity contribution in [3.63, 3.8) is 0 Å². The van der Waals surface area contributed by atoms with Gasteiger partial charge in [0.2, 0.25) is 10.0 Å². The van der Waals surface area contributed by atoms with Crippen LogP contribution in [0.15, 0.2) is 53.4 Å². The molecule has 9 heteroatoms. The van der Waals surface area contributed by atoms with E-state index >= 15 is 0 Å². The molecule has 0 atom stereocenters. The molecular formula is C16H17N3O5S. The molecule has 0 heterocycles. The molecule has 132 valence electrons. The Kier molecular flexibility index (Phi) is 5.73. The number of carbonyl (C=O) groups is 2. The zero-order valence-electron chi connectivity index (χ0n) is 13.4. The largest absolute Gasteiger partial charge is 0.497 e. The van der Waals surface area contributed by atoms with Gasteiger partial charge in [-0.1, -0.05) is 12.1 Å². The van der Waals surface area contributed by atoms with E-state index in [1.807, 2.05) is 0 Å². The number of sulfonamides is 1. The molecule has 0 aliphatic heterocycles. The van der Waals surface area contributed by atoms with Crippen LogP contribution in [0.2, 0.25) is 0 Å². The van der Waals surface area contributed by atoms with Crippen molar-refractivity contribution in [3.05, 3.63) is 54.1 Å². The maximum Gasteiger partial charge on any atom is 0.313 e. The van der Waals surface area contributed by atoms with Gasteiger partial charge in [0.15, 0.2) is 0 Å². The third kappa shape index (κ3) is 5.30. The average Bonchev–Trinajstić information content (AvgIpc) is 2.59. The Balaban J connectivity index is 1.90. The van der Waals surface area contributed by atoms with Crippen LogP contribution in [-0.4, -0.2) is 27.3 Å².